The quantitative estimate of drug-likeness (QED) is 0.593. The molecule has 0 atom stereocenters. The first-order chi connectivity index (χ1) is 6.90. The fourth-order valence-corrected chi connectivity index (χ4v) is 3.15. The molecule has 0 aromatic carbocycles. The SMILES string of the molecule is C1CC2CCC1O2.C1CC2CCC1O2. The monoisotopic (exact) mass is 196 g/mol. The second kappa shape index (κ2) is 3.82. The summed E-state index contributed by atoms with van der Waals surface area (Å²) in [6.45, 7) is 0. The average Bonchev–Trinajstić information content (AvgIpc) is 3.01. The van der Waals surface area contributed by atoms with E-state index in [2.05, 4.69) is 0 Å². The molecule has 4 heterocycles. The number of fused-ring (bicyclic) bond motifs is 4. The van der Waals surface area contributed by atoms with Crippen molar-refractivity contribution in [2.75, 3.05) is 0 Å². The summed E-state index contributed by atoms with van der Waals surface area (Å²) in [5.41, 5.74) is 0. The van der Waals surface area contributed by atoms with Crippen LogP contribution in [0.5, 0.6) is 0 Å². The van der Waals surface area contributed by atoms with Crippen LogP contribution < -0.4 is 0 Å². The van der Waals surface area contributed by atoms with Gasteiger partial charge in [-0.1, -0.05) is 0 Å². The molecule has 2 nitrogen and oxygen atoms in total. The Balaban J connectivity index is 0.0000000914. The fraction of sp³-hybridized carbons (Fsp3) is 1.00. The van der Waals surface area contributed by atoms with Crippen LogP contribution in [0.15, 0.2) is 0 Å². The van der Waals surface area contributed by atoms with Crippen LogP contribution in [0.2, 0.25) is 0 Å². The highest BCUT2D eigenvalue weighted by atomic mass is 16.5. The van der Waals surface area contributed by atoms with Crippen LogP contribution in [0.1, 0.15) is 51.4 Å². The Morgan fingerprint density at radius 3 is 0.714 bits per heavy atom. The molecule has 4 saturated heterocycles. The maximum Gasteiger partial charge on any atom is 0.0580 e. The zero-order valence-electron chi connectivity index (χ0n) is 8.78. The first kappa shape index (κ1) is 9.17. The first-order valence-electron chi connectivity index (χ1n) is 6.21. The molecule has 0 aromatic rings. The van der Waals surface area contributed by atoms with Crippen LogP contribution in [-0.2, 0) is 9.47 Å². The maximum absolute atomic E-state index is 5.47. The van der Waals surface area contributed by atoms with Crippen molar-refractivity contribution >= 4 is 0 Å². The summed E-state index contributed by atoms with van der Waals surface area (Å²) in [6.07, 6.45) is 13.4. The lowest BCUT2D eigenvalue weighted by molar-refractivity contribution is 0.105. The van der Waals surface area contributed by atoms with Gasteiger partial charge in [0.25, 0.3) is 0 Å². The first-order valence-corrected chi connectivity index (χ1v) is 6.21. The second-order valence-corrected chi connectivity index (χ2v) is 5.07. The largest absolute Gasteiger partial charge is 0.375 e. The van der Waals surface area contributed by atoms with Gasteiger partial charge in [0.15, 0.2) is 0 Å². The highest BCUT2D eigenvalue weighted by Gasteiger charge is 2.32. The van der Waals surface area contributed by atoms with Crippen molar-refractivity contribution in [1.29, 1.82) is 0 Å². The Bertz CT molecular complexity index is 146. The van der Waals surface area contributed by atoms with Crippen molar-refractivity contribution in [2.24, 2.45) is 0 Å². The van der Waals surface area contributed by atoms with E-state index in [1.807, 2.05) is 0 Å². The van der Waals surface area contributed by atoms with Gasteiger partial charge in [-0.3, -0.25) is 0 Å². The molecule has 2 heteroatoms. The summed E-state index contributed by atoms with van der Waals surface area (Å²) in [7, 11) is 0. The highest BCUT2D eigenvalue weighted by molar-refractivity contribution is 4.82. The Kier molecular flexibility index (Phi) is 2.50. The molecule has 0 amide bonds. The third-order valence-electron chi connectivity index (χ3n) is 4.01. The van der Waals surface area contributed by atoms with Crippen molar-refractivity contribution in [3.05, 3.63) is 0 Å². The van der Waals surface area contributed by atoms with E-state index in [1.165, 1.54) is 51.4 Å². The molecule has 0 aliphatic carbocycles. The van der Waals surface area contributed by atoms with Gasteiger partial charge in [-0.25, -0.2) is 0 Å². The van der Waals surface area contributed by atoms with Crippen LogP contribution in [-0.4, -0.2) is 24.4 Å². The minimum Gasteiger partial charge on any atom is -0.375 e. The highest BCUT2D eigenvalue weighted by Crippen LogP contribution is 2.34. The number of hydrogen-bond donors (Lipinski definition) is 0. The summed E-state index contributed by atoms with van der Waals surface area (Å²) in [5.74, 6) is 0. The molecular weight excluding hydrogens is 176 g/mol. The Labute approximate surface area is 86.0 Å². The third kappa shape index (κ3) is 1.82. The van der Waals surface area contributed by atoms with Crippen LogP contribution in [0, 0.1) is 0 Å². The van der Waals surface area contributed by atoms with E-state index in [0.717, 1.165) is 0 Å². The van der Waals surface area contributed by atoms with Gasteiger partial charge in [-0.15, -0.1) is 0 Å². The van der Waals surface area contributed by atoms with E-state index in [9.17, 15) is 0 Å². The van der Waals surface area contributed by atoms with Gasteiger partial charge in [0, 0.05) is 0 Å². The summed E-state index contributed by atoms with van der Waals surface area (Å²) in [6, 6.07) is 0. The predicted octanol–water partition coefficient (Wildman–Crippen LogP) is 2.66. The topological polar surface area (TPSA) is 18.5 Å². The third-order valence-corrected chi connectivity index (χ3v) is 4.01. The Morgan fingerprint density at radius 2 is 0.643 bits per heavy atom. The predicted molar refractivity (Wildman–Crippen MR) is 54.3 cm³/mol. The van der Waals surface area contributed by atoms with E-state index in [1.54, 1.807) is 0 Å². The van der Waals surface area contributed by atoms with E-state index in [4.69, 9.17) is 9.47 Å². The average molecular weight is 196 g/mol. The van der Waals surface area contributed by atoms with Gasteiger partial charge in [0.05, 0.1) is 24.4 Å². The number of hydrogen-bond acceptors (Lipinski definition) is 2. The van der Waals surface area contributed by atoms with Gasteiger partial charge in [-0.05, 0) is 51.4 Å². The van der Waals surface area contributed by atoms with Gasteiger partial charge >= 0.3 is 0 Å². The molecule has 4 aliphatic heterocycles. The smallest absolute Gasteiger partial charge is 0.0580 e. The molecule has 0 unspecified atom stereocenters. The summed E-state index contributed by atoms with van der Waals surface area (Å²) >= 11 is 0. The zero-order valence-corrected chi connectivity index (χ0v) is 8.78. The van der Waals surface area contributed by atoms with Crippen molar-refractivity contribution in [2.45, 2.75) is 75.8 Å². The molecule has 0 saturated carbocycles. The maximum atomic E-state index is 5.47. The molecular formula is C12H20O2. The van der Waals surface area contributed by atoms with Crippen LogP contribution >= 0.6 is 0 Å². The van der Waals surface area contributed by atoms with Gasteiger partial charge in [0.1, 0.15) is 0 Å². The molecule has 4 rings (SSSR count). The molecule has 0 radical (unpaired) electrons. The molecule has 4 fully saturated rings. The van der Waals surface area contributed by atoms with Crippen molar-refractivity contribution in [3.8, 4) is 0 Å². The molecule has 0 spiro atoms. The Hall–Kier alpha value is -0.0800. The second-order valence-electron chi connectivity index (χ2n) is 5.07. The zero-order chi connectivity index (χ0) is 9.38. The molecule has 4 bridgehead atoms. The van der Waals surface area contributed by atoms with Crippen molar-refractivity contribution in [3.63, 3.8) is 0 Å². The Morgan fingerprint density at radius 1 is 0.429 bits per heavy atom. The lowest BCUT2D eigenvalue weighted by atomic mass is 10.0. The molecule has 80 valence electrons. The fourth-order valence-electron chi connectivity index (χ4n) is 3.15. The van der Waals surface area contributed by atoms with E-state index < -0.39 is 0 Å². The standard InChI is InChI=1S/2C6H10O/c2*1-2-6-4-3-5(1)7-6/h2*5-6H,1-4H2. The van der Waals surface area contributed by atoms with Crippen molar-refractivity contribution in [1.82, 2.24) is 0 Å². The normalized spacial score (nSPS) is 48.0. The summed E-state index contributed by atoms with van der Waals surface area (Å²) in [5, 5.41) is 0. The van der Waals surface area contributed by atoms with E-state index in [0.29, 0.717) is 24.4 Å². The van der Waals surface area contributed by atoms with Gasteiger partial charge in [0.2, 0.25) is 0 Å². The molecule has 0 aromatic heterocycles. The number of rotatable bonds is 0. The lowest BCUT2D eigenvalue weighted by Gasteiger charge is -2.00. The van der Waals surface area contributed by atoms with Crippen LogP contribution in [0.25, 0.3) is 0 Å². The van der Waals surface area contributed by atoms with E-state index in [-0.39, 0.29) is 0 Å². The lowest BCUT2D eigenvalue weighted by Crippen LogP contribution is -1.98. The minimum absolute atomic E-state index is 0.671. The molecule has 0 N–H and O–H groups in total. The van der Waals surface area contributed by atoms with Gasteiger partial charge in [-0.2, -0.15) is 0 Å². The van der Waals surface area contributed by atoms with Crippen molar-refractivity contribution < 1.29 is 9.47 Å². The summed E-state index contributed by atoms with van der Waals surface area (Å²) < 4.78 is 10.9. The van der Waals surface area contributed by atoms with Crippen LogP contribution in [0.3, 0.4) is 0 Å². The molecule has 14 heavy (non-hydrogen) atoms. The number of ether oxygens (including phenoxy) is 2. The van der Waals surface area contributed by atoms with Crippen LogP contribution in [0.4, 0.5) is 0 Å². The molecule has 4 aliphatic rings. The van der Waals surface area contributed by atoms with Gasteiger partial charge < -0.3 is 9.47 Å². The van der Waals surface area contributed by atoms with E-state index >= 15 is 0 Å². The summed E-state index contributed by atoms with van der Waals surface area (Å²) in [4.78, 5) is 0. The minimum atomic E-state index is 0.671.